The lowest BCUT2D eigenvalue weighted by molar-refractivity contribution is 0.0394. The van der Waals surface area contributed by atoms with Crippen LogP contribution in [0.25, 0.3) is 0 Å². The Labute approximate surface area is 101 Å². The van der Waals surface area contributed by atoms with E-state index in [9.17, 15) is 9.50 Å². The molecule has 0 bridgehead atoms. The number of halogens is 1. The molecule has 0 spiro atoms. The van der Waals surface area contributed by atoms with Gasteiger partial charge in [-0.3, -0.25) is 0 Å². The molecule has 1 aromatic rings. The molecule has 1 rings (SSSR count). The van der Waals surface area contributed by atoms with Gasteiger partial charge in [-0.05, 0) is 11.5 Å². The third-order valence-electron chi connectivity index (χ3n) is 2.78. The molecule has 96 valence electrons. The highest BCUT2D eigenvalue weighted by atomic mass is 19.1. The van der Waals surface area contributed by atoms with Crippen molar-refractivity contribution in [2.75, 3.05) is 7.11 Å². The predicted octanol–water partition coefficient (Wildman–Crippen LogP) is 2.24. The van der Waals surface area contributed by atoms with Crippen molar-refractivity contribution >= 4 is 0 Å². The van der Waals surface area contributed by atoms with Crippen LogP contribution in [0.1, 0.15) is 32.4 Å². The Morgan fingerprint density at radius 3 is 2.41 bits per heavy atom. The molecule has 0 heterocycles. The topological polar surface area (TPSA) is 55.5 Å². The molecule has 0 radical (unpaired) electrons. The van der Waals surface area contributed by atoms with Gasteiger partial charge >= 0.3 is 0 Å². The summed E-state index contributed by atoms with van der Waals surface area (Å²) >= 11 is 0. The highest BCUT2D eigenvalue weighted by Gasteiger charge is 2.30. The molecule has 2 atom stereocenters. The summed E-state index contributed by atoms with van der Waals surface area (Å²) in [7, 11) is 1.45. The fraction of sp³-hybridized carbons (Fsp3) is 0.538. The van der Waals surface area contributed by atoms with Gasteiger partial charge in [0.1, 0.15) is 11.6 Å². The van der Waals surface area contributed by atoms with Crippen LogP contribution in [-0.4, -0.2) is 18.3 Å². The van der Waals surface area contributed by atoms with E-state index in [1.807, 2.05) is 20.8 Å². The first kappa shape index (κ1) is 13.9. The SMILES string of the molecule is COc1cc(F)ccc1[C@@H](N)[C@@H](O)C(C)(C)C. The van der Waals surface area contributed by atoms with Crippen LogP contribution in [0, 0.1) is 11.2 Å². The van der Waals surface area contributed by atoms with Crippen LogP contribution < -0.4 is 10.5 Å². The lowest BCUT2D eigenvalue weighted by Gasteiger charge is -2.31. The van der Waals surface area contributed by atoms with Gasteiger partial charge in [0.15, 0.2) is 0 Å². The summed E-state index contributed by atoms with van der Waals surface area (Å²) in [5.74, 6) is -0.0242. The quantitative estimate of drug-likeness (QED) is 0.853. The number of rotatable bonds is 3. The van der Waals surface area contributed by atoms with E-state index in [4.69, 9.17) is 10.5 Å². The smallest absolute Gasteiger partial charge is 0.126 e. The minimum atomic E-state index is -0.734. The van der Waals surface area contributed by atoms with E-state index in [0.29, 0.717) is 11.3 Å². The van der Waals surface area contributed by atoms with Crippen molar-refractivity contribution in [2.24, 2.45) is 11.1 Å². The molecule has 0 amide bonds. The zero-order chi connectivity index (χ0) is 13.2. The van der Waals surface area contributed by atoms with Crippen molar-refractivity contribution in [3.63, 3.8) is 0 Å². The summed E-state index contributed by atoms with van der Waals surface area (Å²) in [5.41, 5.74) is 6.26. The Kier molecular flexibility index (Phi) is 4.11. The maximum absolute atomic E-state index is 13.0. The summed E-state index contributed by atoms with van der Waals surface area (Å²) < 4.78 is 18.1. The van der Waals surface area contributed by atoms with E-state index in [2.05, 4.69) is 0 Å². The first-order valence-electron chi connectivity index (χ1n) is 5.54. The third-order valence-corrected chi connectivity index (χ3v) is 2.78. The Bertz CT molecular complexity index is 387. The summed E-state index contributed by atoms with van der Waals surface area (Å²) in [5, 5.41) is 10.1. The van der Waals surface area contributed by atoms with Gasteiger partial charge in [0.25, 0.3) is 0 Å². The summed E-state index contributed by atoms with van der Waals surface area (Å²) in [4.78, 5) is 0. The monoisotopic (exact) mass is 241 g/mol. The van der Waals surface area contributed by atoms with E-state index < -0.39 is 12.1 Å². The number of hydrogen-bond acceptors (Lipinski definition) is 3. The first-order valence-corrected chi connectivity index (χ1v) is 5.54. The normalized spacial score (nSPS) is 15.5. The number of aliphatic hydroxyl groups is 1. The van der Waals surface area contributed by atoms with Gasteiger partial charge in [-0.2, -0.15) is 0 Å². The van der Waals surface area contributed by atoms with Crippen LogP contribution in [-0.2, 0) is 0 Å². The Balaban J connectivity index is 3.08. The zero-order valence-electron chi connectivity index (χ0n) is 10.7. The van der Waals surface area contributed by atoms with Gasteiger partial charge < -0.3 is 15.6 Å². The van der Waals surface area contributed by atoms with E-state index in [1.54, 1.807) is 6.07 Å². The Morgan fingerprint density at radius 2 is 1.94 bits per heavy atom. The molecule has 0 aromatic heterocycles. The van der Waals surface area contributed by atoms with Crippen molar-refractivity contribution in [1.29, 1.82) is 0 Å². The van der Waals surface area contributed by atoms with Crippen molar-refractivity contribution in [3.8, 4) is 5.75 Å². The van der Waals surface area contributed by atoms with Crippen molar-refractivity contribution < 1.29 is 14.2 Å². The first-order chi connectivity index (χ1) is 7.77. The zero-order valence-corrected chi connectivity index (χ0v) is 10.7. The fourth-order valence-electron chi connectivity index (χ4n) is 1.67. The minimum absolute atomic E-state index is 0.348. The molecule has 17 heavy (non-hydrogen) atoms. The summed E-state index contributed by atoms with van der Waals surface area (Å²) in [6.45, 7) is 5.69. The Hall–Kier alpha value is -1.13. The number of nitrogens with two attached hydrogens (primary N) is 1. The van der Waals surface area contributed by atoms with Crippen LogP contribution in [0.3, 0.4) is 0 Å². The second kappa shape index (κ2) is 5.02. The molecule has 0 unspecified atom stereocenters. The summed E-state index contributed by atoms with van der Waals surface area (Å²) in [6, 6.07) is 3.52. The largest absolute Gasteiger partial charge is 0.496 e. The van der Waals surface area contributed by atoms with Crippen molar-refractivity contribution in [3.05, 3.63) is 29.6 Å². The van der Waals surface area contributed by atoms with E-state index in [1.165, 1.54) is 19.2 Å². The average Bonchev–Trinajstić information content (AvgIpc) is 2.25. The van der Waals surface area contributed by atoms with E-state index >= 15 is 0 Å². The van der Waals surface area contributed by atoms with Gasteiger partial charge in [0.2, 0.25) is 0 Å². The molecule has 0 aliphatic heterocycles. The van der Waals surface area contributed by atoms with Crippen LogP contribution in [0.2, 0.25) is 0 Å². The van der Waals surface area contributed by atoms with Crippen LogP contribution in [0.4, 0.5) is 4.39 Å². The molecule has 0 aliphatic rings. The van der Waals surface area contributed by atoms with Crippen LogP contribution in [0.15, 0.2) is 18.2 Å². The van der Waals surface area contributed by atoms with Gasteiger partial charge in [-0.1, -0.05) is 26.8 Å². The van der Waals surface area contributed by atoms with Crippen molar-refractivity contribution in [2.45, 2.75) is 32.9 Å². The molecule has 3 N–H and O–H groups in total. The second-order valence-electron chi connectivity index (χ2n) is 5.22. The number of benzene rings is 1. The Morgan fingerprint density at radius 1 is 1.35 bits per heavy atom. The minimum Gasteiger partial charge on any atom is -0.496 e. The summed E-state index contributed by atoms with van der Waals surface area (Å²) in [6.07, 6.45) is -0.734. The van der Waals surface area contributed by atoms with E-state index in [-0.39, 0.29) is 11.2 Å². The standard InChI is InChI=1S/C13H20FNO2/c1-13(2,3)12(16)11(15)9-6-5-8(14)7-10(9)17-4/h5-7,11-12,16H,15H2,1-4H3/t11-,12-/m1/s1. The highest BCUT2D eigenvalue weighted by molar-refractivity contribution is 5.37. The molecule has 0 fully saturated rings. The molecular weight excluding hydrogens is 221 g/mol. The maximum Gasteiger partial charge on any atom is 0.126 e. The molecule has 0 saturated heterocycles. The number of ether oxygens (including phenoxy) is 1. The number of methoxy groups -OCH3 is 1. The van der Waals surface area contributed by atoms with Crippen LogP contribution >= 0.6 is 0 Å². The van der Waals surface area contributed by atoms with E-state index in [0.717, 1.165) is 0 Å². The number of hydrogen-bond donors (Lipinski definition) is 2. The molecule has 0 saturated carbocycles. The van der Waals surface area contributed by atoms with Gasteiger partial charge in [0.05, 0.1) is 19.3 Å². The molecule has 4 heteroatoms. The lowest BCUT2D eigenvalue weighted by Crippen LogP contribution is -2.37. The predicted molar refractivity (Wildman–Crippen MR) is 65.3 cm³/mol. The van der Waals surface area contributed by atoms with Gasteiger partial charge in [0, 0.05) is 11.6 Å². The highest BCUT2D eigenvalue weighted by Crippen LogP contribution is 2.33. The molecule has 1 aromatic carbocycles. The molecular formula is C13H20FNO2. The molecule has 0 aliphatic carbocycles. The number of aliphatic hydroxyl groups excluding tert-OH is 1. The van der Waals surface area contributed by atoms with Crippen molar-refractivity contribution in [1.82, 2.24) is 0 Å². The van der Waals surface area contributed by atoms with Crippen LogP contribution in [0.5, 0.6) is 5.75 Å². The van der Waals surface area contributed by atoms with Gasteiger partial charge in [-0.15, -0.1) is 0 Å². The average molecular weight is 241 g/mol. The van der Waals surface area contributed by atoms with Gasteiger partial charge in [-0.25, -0.2) is 4.39 Å². The maximum atomic E-state index is 13.0. The fourth-order valence-corrected chi connectivity index (χ4v) is 1.67. The molecule has 3 nitrogen and oxygen atoms in total. The third kappa shape index (κ3) is 3.17. The second-order valence-corrected chi connectivity index (χ2v) is 5.22. The lowest BCUT2D eigenvalue weighted by atomic mass is 9.82.